The third-order valence-electron chi connectivity index (χ3n) is 5.94. The highest BCUT2D eigenvalue weighted by Gasteiger charge is 2.10. The van der Waals surface area contributed by atoms with Crippen molar-refractivity contribution in [1.82, 2.24) is 0 Å². The second-order valence-electron chi connectivity index (χ2n) is 8.90. The van der Waals surface area contributed by atoms with Crippen LogP contribution < -0.4 is 0 Å². The largest absolute Gasteiger partial charge is 0.466 e. The molecular formula is C28H46O4. The van der Waals surface area contributed by atoms with E-state index in [1.54, 1.807) is 0 Å². The Balaban J connectivity index is 1.85. The molecule has 1 aromatic rings. The molecule has 0 spiro atoms. The zero-order valence-corrected chi connectivity index (χ0v) is 20.7. The lowest BCUT2D eigenvalue weighted by atomic mass is 10.0. The van der Waals surface area contributed by atoms with Gasteiger partial charge in [-0.3, -0.25) is 9.59 Å². The van der Waals surface area contributed by atoms with Crippen LogP contribution in [0, 0.1) is 6.92 Å². The molecule has 1 aromatic carbocycles. The molecule has 0 heterocycles. The zero-order chi connectivity index (χ0) is 23.3. The van der Waals surface area contributed by atoms with Crippen molar-refractivity contribution in [2.24, 2.45) is 0 Å². The summed E-state index contributed by atoms with van der Waals surface area (Å²) in [5, 5.41) is 0. The van der Waals surface area contributed by atoms with Crippen molar-refractivity contribution in [3.63, 3.8) is 0 Å². The average molecular weight is 447 g/mol. The molecule has 4 nitrogen and oxygen atoms in total. The van der Waals surface area contributed by atoms with E-state index in [0.29, 0.717) is 6.61 Å². The molecule has 0 N–H and O–H groups in total. The minimum atomic E-state index is -0.360. The van der Waals surface area contributed by atoms with Gasteiger partial charge in [-0.05, 0) is 24.5 Å². The van der Waals surface area contributed by atoms with Crippen LogP contribution in [0.3, 0.4) is 0 Å². The minimum absolute atomic E-state index is 0.0729. The van der Waals surface area contributed by atoms with Gasteiger partial charge >= 0.3 is 11.9 Å². The summed E-state index contributed by atoms with van der Waals surface area (Å²) < 4.78 is 10.5. The number of esters is 2. The Morgan fingerprint density at radius 1 is 0.656 bits per heavy atom. The summed E-state index contributed by atoms with van der Waals surface area (Å²) in [6.45, 7) is 4.95. The van der Waals surface area contributed by atoms with E-state index in [-0.39, 0.29) is 31.4 Å². The molecule has 0 aliphatic heterocycles. The summed E-state index contributed by atoms with van der Waals surface area (Å²) in [6, 6.07) is 7.80. The molecule has 0 unspecified atom stereocenters. The fourth-order valence-electron chi connectivity index (χ4n) is 3.76. The van der Waals surface area contributed by atoms with E-state index in [1.807, 2.05) is 31.2 Å². The summed E-state index contributed by atoms with van der Waals surface area (Å²) in [4.78, 5) is 23.6. The van der Waals surface area contributed by atoms with Crippen LogP contribution in [0.4, 0.5) is 0 Å². The quantitative estimate of drug-likeness (QED) is 0.151. The zero-order valence-electron chi connectivity index (χ0n) is 20.7. The van der Waals surface area contributed by atoms with Crippen molar-refractivity contribution in [2.45, 2.75) is 123 Å². The lowest BCUT2D eigenvalue weighted by Gasteiger charge is -2.08. The molecule has 4 heteroatoms. The van der Waals surface area contributed by atoms with Crippen LogP contribution in [-0.4, -0.2) is 18.5 Å². The average Bonchev–Trinajstić information content (AvgIpc) is 2.79. The van der Waals surface area contributed by atoms with Crippen molar-refractivity contribution < 1.29 is 19.1 Å². The van der Waals surface area contributed by atoms with E-state index >= 15 is 0 Å². The number of unbranched alkanes of at least 4 members (excludes halogenated alkanes) is 13. The summed E-state index contributed by atoms with van der Waals surface area (Å²) >= 11 is 0. The fraction of sp³-hybridized carbons (Fsp3) is 0.714. The lowest BCUT2D eigenvalue weighted by Crippen LogP contribution is -2.11. The van der Waals surface area contributed by atoms with Gasteiger partial charge in [0.2, 0.25) is 0 Å². The van der Waals surface area contributed by atoms with Gasteiger partial charge in [0.1, 0.15) is 6.61 Å². The normalized spacial score (nSPS) is 10.8. The topological polar surface area (TPSA) is 52.6 Å². The molecule has 0 radical (unpaired) electrons. The second-order valence-corrected chi connectivity index (χ2v) is 8.90. The molecule has 32 heavy (non-hydrogen) atoms. The number of aryl methyl sites for hydroxylation is 1. The summed E-state index contributed by atoms with van der Waals surface area (Å²) in [5.74, 6) is -0.672. The van der Waals surface area contributed by atoms with Crippen LogP contribution in [0.15, 0.2) is 24.3 Å². The maximum absolute atomic E-state index is 11.8. The Kier molecular flexibility index (Phi) is 17.5. The summed E-state index contributed by atoms with van der Waals surface area (Å²) in [5.41, 5.74) is 2.08. The number of hydrogen-bond donors (Lipinski definition) is 0. The molecule has 0 saturated heterocycles. The predicted molar refractivity (Wildman–Crippen MR) is 131 cm³/mol. The molecule has 0 aliphatic carbocycles. The Morgan fingerprint density at radius 3 is 1.66 bits per heavy atom. The highest BCUT2D eigenvalue weighted by molar-refractivity contribution is 5.77. The third kappa shape index (κ3) is 15.9. The van der Waals surface area contributed by atoms with E-state index in [1.165, 1.54) is 77.0 Å². The summed E-state index contributed by atoms with van der Waals surface area (Å²) in [6.07, 6.45) is 18.4. The highest BCUT2D eigenvalue weighted by Crippen LogP contribution is 2.13. The predicted octanol–water partition coefficient (Wildman–Crippen LogP) is 7.84. The highest BCUT2D eigenvalue weighted by atomic mass is 16.5. The van der Waals surface area contributed by atoms with Crippen LogP contribution in [0.25, 0.3) is 0 Å². The Bertz CT molecular complexity index is 611. The van der Waals surface area contributed by atoms with E-state index in [0.717, 1.165) is 24.0 Å². The van der Waals surface area contributed by atoms with Crippen molar-refractivity contribution in [2.75, 3.05) is 6.61 Å². The maximum atomic E-state index is 11.8. The third-order valence-corrected chi connectivity index (χ3v) is 5.94. The van der Waals surface area contributed by atoms with Crippen molar-refractivity contribution in [3.8, 4) is 0 Å². The van der Waals surface area contributed by atoms with Crippen LogP contribution in [0.5, 0.6) is 0 Å². The van der Waals surface area contributed by atoms with Gasteiger partial charge in [-0.1, -0.05) is 115 Å². The summed E-state index contributed by atoms with van der Waals surface area (Å²) in [7, 11) is 0. The molecule has 0 fully saturated rings. The van der Waals surface area contributed by atoms with Crippen LogP contribution in [0.2, 0.25) is 0 Å². The smallest absolute Gasteiger partial charge is 0.306 e. The van der Waals surface area contributed by atoms with Gasteiger partial charge in [-0.25, -0.2) is 0 Å². The van der Waals surface area contributed by atoms with E-state index < -0.39 is 0 Å². The van der Waals surface area contributed by atoms with E-state index in [9.17, 15) is 9.59 Å². The monoisotopic (exact) mass is 446 g/mol. The van der Waals surface area contributed by atoms with Gasteiger partial charge in [0.25, 0.3) is 0 Å². The number of carbonyl (C=O) groups is 2. The first kappa shape index (κ1) is 28.2. The van der Waals surface area contributed by atoms with Gasteiger partial charge in [0, 0.05) is 0 Å². The van der Waals surface area contributed by atoms with Crippen LogP contribution in [-0.2, 0) is 25.7 Å². The van der Waals surface area contributed by atoms with Crippen molar-refractivity contribution >= 4 is 11.9 Å². The van der Waals surface area contributed by atoms with E-state index in [4.69, 9.17) is 9.47 Å². The number of carbonyl (C=O) groups excluding carboxylic acids is 2. The second kappa shape index (κ2) is 19.8. The number of benzene rings is 1. The first-order valence-electron chi connectivity index (χ1n) is 13.0. The molecule has 182 valence electrons. The molecule has 0 saturated carbocycles. The molecule has 0 amide bonds. The lowest BCUT2D eigenvalue weighted by molar-refractivity contribution is -0.151. The number of ether oxygens (including phenoxy) is 2. The first-order chi connectivity index (χ1) is 15.6. The SMILES string of the molecule is CCCCCCCCCCCCCCCCOC(=O)CCC(=O)OCc1ccccc1C. The van der Waals surface area contributed by atoms with Gasteiger partial charge < -0.3 is 9.47 Å². The molecule has 0 aromatic heterocycles. The molecular weight excluding hydrogens is 400 g/mol. The van der Waals surface area contributed by atoms with Crippen LogP contribution >= 0.6 is 0 Å². The van der Waals surface area contributed by atoms with E-state index in [2.05, 4.69) is 6.92 Å². The van der Waals surface area contributed by atoms with Crippen molar-refractivity contribution in [3.05, 3.63) is 35.4 Å². The Morgan fingerprint density at radius 2 is 1.12 bits per heavy atom. The molecule has 0 atom stereocenters. The van der Waals surface area contributed by atoms with Crippen LogP contribution in [0.1, 0.15) is 121 Å². The number of rotatable bonds is 20. The minimum Gasteiger partial charge on any atom is -0.466 e. The Labute approximate surface area is 196 Å². The molecule has 0 bridgehead atoms. The Hall–Kier alpha value is -1.84. The standard InChI is InChI=1S/C28H46O4/c1-3-4-5-6-7-8-9-10-11-12-13-14-15-18-23-31-27(29)21-22-28(30)32-24-26-20-17-16-19-25(26)2/h16-17,19-20H,3-15,18,21-24H2,1-2H3. The number of hydrogen-bond acceptors (Lipinski definition) is 4. The molecule has 1 rings (SSSR count). The first-order valence-corrected chi connectivity index (χ1v) is 13.0. The van der Waals surface area contributed by atoms with Gasteiger partial charge in [0.05, 0.1) is 19.4 Å². The van der Waals surface area contributed by atoms with Gasteiger partial charge in [-0.2, -0.15) is 0 Å². The van der Waals surface area contributed by atoms with Gasteiger partial charge in [0.15, 0.2) is 0 Å². The van der Waals surface area contributed by atoms with Gasteiger partial charge in [-0.15, -0.1) is 0 Å². The van der Waals surface area contributed by atoms with Crippen molar-refractivity contribution in [1.29, 1.82) is 0 Å². The molecule has 0 aliphatic rings. The maximum Gasteiger partial charge on any atom is 0.306 e. The fourth-order valence-corrected chi connectivity index (χ4v) is 3.76.